The van der Waals surface area contributed by atoms with Crippen LogP contribution in [0.2, 0.25) is 15.1 Å². The highest BCUT2D eigenvalue weighted by Gasteiger charge is 2.32. The number of phenolic OH excluding ortho intramolecular Hbond substituents is 2. The van der Waals surface area contributed by atoms with E-state index < -0.39 is 5.97 Å². The summed E-state index contributed by atoms with van der Waals surface area (Å²) in [7, 11) is 0. The van der Waals surface area contributed by atoms with E-state index in [9.17, 15) is 20.1 Å². The summed E-state index contributed by atoms with van der Waals surface area (Å²) in [6.45, 7) is 0. The molecule has 1 aromatic heterocycles. The highest BCUT2D eigenvalue weighted by molar-refractivity contribution is 14.1. The monoisotopic (exact) mass is 939 g/mol. The normalized spacial score (nSPS) is 11.5. The zero-order valence-corrected chi connectivity index (χ0v) is 25.9. The van der Waals surface area contributed by atoms with Gasteiger partial charge in [0.25, 0.3) is 0 Å². The summed E-state index contributed by atoms with van der Waals surface area (Å²) in [5.41, 5.74) is 1.14. The first kappa shape index (κ1) is 25.3. The van der Waals surface area contributed by atoms with Crippen molar-refractivity contribution < 1.29 is 24.5 Å². The Hall–Kier alpha value is 0.190. The van der Waals surface area contributed by atoms with Crippen molar-refractivity contribution >= 4 is 153 Å². The number of aromatic carboxylic acids is 1. The molecule has 0 spiro atoms. The van der Waals surface area contributed by atoms with Crippen molar-refractivity contribution in [2.75, 3.05) is 0 Å². The summed E-state index contributed by atoms with van der Waals surface area (Å²) in [6, 6.07) is 4.84. The molecule has 0 aliphatic rings. The average Bonchev–Trinajstić information content (AvgIpc) is 2.73. The largest absolute Gasteiger partial charge is 0.505 e. The lowest BCUT2D eigenvalue weighted by Gasteiger charge is -2.14. The van der Waals surface area contributed by atoms with Crippen LogP contribution in [0.25, 0.3) is 33.1 Å². The molecule has 0 atom stereocenters. The SMILES string of the molecule is O=C(O)c1c(-c2c3cc(I)c(O)c(I)c3[o+]c3c(I)c(O)c(I)cc23)cc(Cl)c(Cl)c1Cl. The molecule has 4 aromatic rings. The summed E-state index contributed by atoms with van der Waals surface area (Å²) in [5, 5.41) is 31.9. The van der Waals surface area contributed by atoms with Gasteiger partial charge in [-0.2, -0.15) is 0 Å². The quantitative estimate of drug-likeness (QED) is 0.0809. The van der Waals surface area contributed by atoms with Gasteiger partial charge in [0.2, 0.25) is 0 Å². The molecule has 0 bridgehead atoms. The third-order valence-corrected chi connectivity index (χ3v) is 9.59. The lowest BCUT2D eigenvalue weighted by molar-refractivity contribution is 0.0698. The molecule has 0 aliphatic carbocycles. The Balaban J connectivity index is 2.39. The molecule has 3 N–H and O–H groups in total. The van der Waals surface area contributed by atoms with Gasteiger partial charge in [-0.3, -0.25) is 0 Å². The van der Waals surface area contributed by atoms with Gasteiger partial charge in [0.15, 0.2) is 18.6 Å². The van der Waals surface area contributed by atoms with E-state index in [0.29, 0.717) is 41.8 Å². The van der Waals surface area contributed by atoms with Crippen molar-refractivity contribution in [3.8, 4) is 22.6 Å². The molecular weight excluding hydrogens is 934 g/mol. The molecule has 12 heteroatoms. The van der Waals surface area contributed by atoms with Crippen molar-refractivity contribution in [2.24, 2.45) is 0 Å². The Morgan fingerprint density at radius 1 is 0.812 bits per heavy atom. The molecule has 3 aromatic carbocycles. The van der Waals surface area contributed by atoms with Crippen molar-refractivity contribution in [1.29, 1.82) is 0 Å². The van der Waals surface area contributed by atoms with Gasteiger partial charge in [-0.05, 0) is 109 Å². The summed E-state index contributed by atoms with van der Waals surface area (Å²) in [6.07, 6.45) is 0. The summed E-state index contributed by atoms with van der Waals surface area (Å²) < 4.78 is 8.10. The second-order valence-corrected chi connectivity index (χ2v) is 12.1. The van der Waals surface area contributed by atoms with E-state index in [-0.39, 0.29) is 37.7 Å². The second kappa shape index (κ2) is 9.33. The maximum atomic E-state index is 12.2. The van der Waals surface area contributed by atoms with Crippen molar-refractivity contribution in [1.82, 2.24) is 0 Å². The second-order valence-electron chi connectivity index (χ2n) is 6.49. The van der Waals surface area contributed by atoms with Crippen LogP contribution in [0.1, 0.15) is 10.4 Å². The van der Waals surface area contributed by atoms with E-state index in [1.807, 2.05) is 90.4 Å². The Bertz CT molecular complexity index is 1440. The van der Waals surface area contributed by atoms with Gasteiger partial charge in [0.05, 0.1) is 38.5 Å². The Morgan fingerprint density at radius 3 is 1.72 bits per heavy atom. The predicted molar refractivity (Wildman–Crippen MR) is 160 cm³/mol. The van der Waals surface area contributed by atoms with Gasteiger partial charge >= 0.3 is 17.1 Å². The molecule has 0 saturated carbocycles. The van der Waals surface area contributed by atoms with Crippen LogP contribution >= 0.6 is 125 Å². The number of carboxylic acid groups (broad SMARTS) is 1. The minimum absolute atomic E-state index is 0.0307. The Labute approximate surface area is 250 Å². The number of fused-ring (bicyclic) bond motifs is 2. The molecule has 0 fully saturated rings. The molecule has 0 saturated heterocycles. The first-order valence-electron chi connectivity index (χ1n) is 8.34. The maximum absolute atomic E-state index is 12.2. The van der Waals surface area contributed by atoms with E-state index in [0.717, 1.165) is 0 Å². The number of rotatable bonds is 2. The molecule has 164 valence electrons. The minimum atomic E-state index is -1.28. The molecule has 4 rings (SSSR count). The molecule has 1 heterocycles. The third kappa shape index (κ3) is 4.00. The van der Waals surface area contributed by atoms with Crippen LogP contribution in [-0.2, 0) is 0 Å². The van der Waals surface area contributed by atoms with Crippen LogP contribution in [0.4, 0.5) is 0 Å². The number of aromatic hydroxyl groups is 2. The fourth-order valence-electron chi connectivity index (χ4n) is 3.29. The maximum Gasteiger partial charge on any atom is 0.378 e. The number of hydrogen-bond donors (Lipinski definition) is 3. The molecule has 5 nitrogen and oxygen atoms in total. The zero-order valence-electron chi connectivity index (χ0n) is 15.0. The van der Waals surface area contributed by atoms with Crippen LogP contribution in [-0.4, -0.2) is 21.3 Å². The first-order chi connectivity index (χ1) is 15.0. The molecule has 0 amide bonds. The lowest BCUT2D eigenvalue weighted by Crippen LogP contribution is -2.03. The van der Waals surface area contributed by atoms with Crippen LogP contribution in [0, 0.1) is 14.3 Å². The van der Waals surface area contributed by atoms with E-state index in [4.69, 9.17) is 39.2 Å². The third-order valence-electron chi connectivity index (χ3n) is 4.69. The van der Waals surface area contributed by atoms with Crippen molar-refractivity contribution in [2.45, 2.75) is 0 Å². The standard InChI is InChI=1S/C20H5Cl3I4O5/c21-7-1-4(11(20(30)31)13(23)12(7)22)10-5-2-8(24)16(28)14(26)18(5)32-19-6(10)3-9(25)17(29)15(19)27/h1-3H,(H2-,28,29,30,31)/p+1. The number of carbonyl (C=O) groups is 1. The minimum Gasteiger partial charge on any atom is -0.505 e. The number of benzene rings is 3. The van der Waals surface area contributed by atoms with Gasteiger partial charge in [-0.15, -0.1) is 0 Å². The van der Waals surface area contributed by atoms with E-state index in [1.165, 1.54) is 6.07 Å². The van der Waals surface area contributed by atoms with Gasteiger partial charge in [0.1, 0.15) is 0 Å². The average molecular weight is 940 g/mol. The summed E-state index contributed by atoms with van der Waals surface area (Å²) in [5.74, 6) is -1.22. The fraction of sp³-hybridized carbons (Fsp3) is 0. The molecule has 0 radical (unpaired) electrons. The van der Waals surface area contributed by atoms with Gasteiger partial charge < -0.3 is 15.3 Å². The predicted octanol–water partition coefficient (Wildman–Crippen LogP) is 9.02. The van der Waals surface area contributed by atoms with Crippen LogP contribution < -0.4 is 0 Å². The molecule has 32 heavy (non-hydrogen) atoms. The van der Waals surface area contributed by atoms with E-state index in [1.54, 1.807) is 12.1 Å². The smallest absolute Gasteiger partial charge is 0.378 e. The van der Waals surface area contributed by atoms with E-state index >= 15 is 0 Å². The summed E-state index contributed by atoms with van der Waals surface area (Å²) >= 11 is 26.7. The summed E-state index contributed by atoms with van der Waals surface area (Å²) in [4.78, 5) is 12.2. The van der Waals surface area contributed by atoms with Gasteiger partial charge in [0, 0.05) is 11.1 Å². The van der Waals surface area contributed by atoms with Crippen molar-refractivity contribution in [3.63, 3.8) is 0 Å². The Kier molecular flexibility index (Phi) is 7.38. The molecule has 0 unspecified atom stereocenters. The van der Waals surface area contributed by atoms with Crippen LogP contribution in [0.15, 0.2) is 22.6 Å². The van der Waals surface area contributed by atoms with E-state index in [2.05, 4.69) is 0 Å². The first-order valence-corrected chi connectivity index (χ1v) is 13.8. The van der Waals surface area contributed by atoms with Crippen LogP contribution in [0.3, 0.4) is 0 Å². The lowest BCUT2D eigenvalue weighted by atomic mass is 9.93. The Morgan fingerprint density at radius 2 is 1.28 bits per heavy atom. The van der Waals surface area contributed by atoms with Crippen molar-refractivity contribution in [3.05, 3.63) is 53.1 Å². The highest BCUT2D eigenvalue weighted by atomic mass is 127. The molecular formula is C20H6Cl3I4O5+. The number of hydrogen-bond acceptors (Lipinski definition) is 3. The fourth-order valence-corrected chi connectivity index (χ4v) is 7.55. The number of phenols is 2. The number of halogens is 7. The van der Waals surface area contributed by atoms with Gasteiger partial charge in [-0.25, -0.2) is 9.21 Å². The number of carboxylic acids is 1. The zero-order chi connectivity index (χ0) is 23.6. The van der Waals surface area contributed by atoms with Gasteiger partial charge in [-0.1, -0.05) is 34.8 Å². The highest BCUT2D eigenvalue weighted by Crippen LogP contribution is 2.48. The topological polar surface area (TPSA) is 89.1 Å². The van der Waals surface area contributed by atoms with Crippen LogP contribution in [0.5, 0.6) is 11.5 Å². The molecule has 0 aliphatic heterocycles.